The number of aliphatic carboxylic acids is 1. The van der Waals surface area contributed by atoms with Crippen molar-refractivity contribution in [3.63, 3.8) is 0 Å². The molecule has 4 nitrogen and oxygen atoms in total. The third-order valence-electron chi connectivity index (χ3n) is 6.07. The largest absolute Gasteiger partial charge is 0.481 e. The van der Waals surface area contributed by atoms with Gasteiger partial charge in [0.1, 0.15) is 6.10 Å². The average Bonchev–Trinajstić information content (AvgIpc) is 2.85. The van der Waals surface area contributed by atoms with Crippen molar-refractivity contribution in [3.05, 3.63) is 48.6 Å². The van der Waals surface area contributed by atoms with Crippen LogP contribution in [0.15, 0.2) is 48.6 Å². The Balaban J connectivity index is 3.82. The number of carboxylic acids is 1. The quantitative estimate of drug-likeness (QED) is 0.0766. The van der Waals surface area contributed by atoms with Gasteiger partial charge < -0.3 is 9.84 Å². The van der Waals surface area contributed by atoms with Crippen LogP contribution >= 0.6 is 0 Å². The zero-order valence-electron chi connectivity index (χ0n) is 23.3. The van der Waals surface area contributed by atoms with Gasteiger partial charge in [0, 0.05) is 12.8 Å². The van der Waals surface area contributed by atoms with E-state index in [2.05, 4.69) is 62.5 Å². The lowest BCUT2D eigenvalue weighted by molar-refractivity contribution is -0.150. The third-order valence-corrected chi connectivity index (χ3v) is 6.07. The predicted molar refractivity (Wildman–Crippen MR) is 153 cm³/mol. The maximum Gasteiger partial charge on any atom is 0.306 e. The second-order valence-corrected chi connectivity index (χ2v) is 9.55. The fourth-order valence-corrected chi connectivity index (χ4v) is 3.94. The van der Waals surface area contributed by atoms with Crippen LogP contribution in [-0.4, -0.2) is 23.1 Å². The van der Waals surface area contributed by atoms with Crippen molar-refractivity contribution in [3.8, 4) is 0 Å². The number of rotatable bonds is 25. The number of carbonyl (C=O) groups is 2. The lowest BCUT2D eigenvalue weighted by Crippen LogP contribution is -2.18. The molecule has 0 saturated heterocycles. The topological polar surface area (TPSA) is 63.6 Å². The molecule has 0 aromatic rings. The molecule has 0 rings (SSSR count). The molecule has 0 aromatic carbocycles. The summed E-state index contributed by atoms with van der Waals surface area (Å²) in [5.41, 5.74) is 0. The summed E-state index contributed by atoms with van der Waals surface area (Å²) < 4.78 is 5.77. The number of allylic oxidation sites excluding steroid dienone is 8. The summed E-state index contributed by atoms with van der Waals surface area (Å²) in [7, 11) is 0. The van der Waals surface area contributed by atoms with Gasteiger partial charge in [0.2, 0.25) is 0 Å². The smallest absolute Gasteiger partial charge is 0.306 e. The first-order valence-corrected chi connectivity index (χ1v) is 14.6. The van der Waals surface area contributed by atoms with Crippen LogP contribution in [0.5, 0.6) is 0 Å². The van der Waals surface area contributed by atoms with Crippen molar-refractivity contribution >= 4 is 11.9 Å². The van der Waals surface area contributed by atoms with Crippen molar-refractivity contribution in [1.82, 2.24) is 0 Å². The van der Waals surface area contributed by atoms with Gasteiger partial charge in [-0.15, -0.1) is 0 Å². The highest BCUT2D eigenvalue weighted by Crippen LogP contribution is 2.17. The standard InChI is InChI=1S/C32H54O4/c1-3-5-7-8-9-10-11-12-13-14-15-16-17-18-19-20-25-29-32(35)36-30(26-22-6-4-2)27-23-21-24-28-31(33)34/h5,7,9-10,12-13,15-16,30H,3-4,6,8,11,14,17-29H2,1-2H3,(H,33,34)/b7-5-,10-9-,13-12-,16-15-. The first-order chi connectivity index (χ1) is 17.6. The molecule has 36 heavy (non-hydrogen) atoms. The second kappa shape index (κ2) is 27.5. The molecule has 1 atom stereocenters. The van der Waals surface area contributed by atoms with Gasteiger partial charge in [0.15, 0.2) is 0 Å². The summed E-state index contributed by atoms with van der Waals surface area (Å²) in [5.74, 6) is -0.805. The molecule has 1 N–H and O–H groups in total. The second-order valence-electron chi connectivity index (χ2n) is 9.55. The van der Waals surface area contributed by atoms with Crippen molar-refractivity contribution in [2.45, 2.75) is 142 Å². The van der Waals surface area contributed by atoms with Crippen molar-refractivity contribution < 1.29 is 19.4 Å². The monoisotopic (exact) mass is 502 g/mol. The highest BCUT2D eigenvalue weighted by atomic mass is 16.5. The van der Waals surface area contributed by atoms with Crippen LogP contribution < -0.4 is 0 Å². The van der Waals surface area contributed by atoms with Gasteiger partial charge >= 0.3 is 11.9 Å². The molecule has 0 amide bonds. The van der Waals surface area contributed by atoms with Gasteiger partial charge in [-0.1, -0.05) is 94.6 Å². The molecule has 4 heteroatoms. The Labute approximate surface area is 222 Å². The maximum absolute atomic E-state index is 12.3. The highest BCUT2D eigenvalue weighted by molar-refractivity contribution is 5.69. The van der Waals surface area contributed by atoms with Crippen LogP contribution in [0.25, 0.3) is 0 Å². The van der Waals surface area contributed by atoms with Gasteiger partial charge in [-0.05, 0) is 77.0 Å². The summed E-state index contributed by atoms with van der Waals surface area (Å²) in [6.07, 6.45) is 35.7. The normalized spacial score (nSPS) is 12.9. The molecule has 0 aliphatic carbocycles. The Kier molecular flexibility index (Phi) is 25.9. The molecule has 0 spiro atoms. The summed E-state index contributed by atoms with van der Waals surface area (Å²) in [4.78, 5) is 22.9. The van der Waals surface area contributed by atoms with E-state index in [1.165, 1.54) is 6.42 Å². The van der Waals surface area contributed by atoms with E-state index in [4.69, 9.17) is 9.84 Å². The molecule has 206 valence electrons. The minimum Gasteiger partial charge on any atom is -0.481 e. The van der Waals surface area contributed by atoms with E-state index in [1.54, 1.807) is 0 Å². The Hall–Kier alpha value is -2.10. The highest BCUT2D eigenvalue weighted by Gasteiger charge is 2.14. The van der Waals surface area contributed by atoms with Crippen LogP contribution in [0.2, 0.25) is 0 Å². The number of unbranched alkanes of at least 4 members (excludes halogenated alkanes) is 8. The van der Waals surface area contributed by atoms with E-state index in [9.17, 15) is 9.59 Å². The Bertz CT molecular complexity index is 630. The summed E-state index contributed by atoms with van der Waals surface area (Å²) in [6, 6.07) is 0. The molecule has 0 aromatic heterocycles. The van der Waals surface area contributed by atoms with Gasteiger partial charge in [-0.2, -0.15) is 0 Å². The van der Waals surface area contributed by atoms with E-state index in [1.807, 2.05) is 0 Å². The number of ether oxygens (including phenoxy) is 1. The average molecular weight is 503 g/mol. The fourth-order valence-electron chi connectivity index (χ4n) is 3.94. The zero-order valence-corrected chi connectivity index (χ0v) is 23.3. The number of carbonyl (C=O) groups excluding carboxylic acids is 1. The molecular formula is C32H54O4. The van der Waals surface area contributed by atoms with Gasteiger partial charge in [0.05, 0.1) is 0 Å². The SMILES string of the molecule is CC/C=C\C/C=C\C/C=C\C/C=C\CCCCCCC(=O)OC(CCCCC)CCCCCC(=O)O. The minimum atomic E-state index is -0.737. The number of hydrogen-bond donors (Lipinski definition) is 1. The lowest BCUT2D eigenvalue weighted by atomic mass is 10.0. The molecule has 0 heterocycles. The van der Waals surface area contributed by atoms with E-state index >= 15 is 0 Å². The molecule has 0 radical (unpaired) electrons. The lowest BCUT2D eigenvalue weighted by Gasteiger charge is -2.18. The molecule has 1 unspecified atom stereocenters. The molecular weight excluding hydrogens is 448 g/mol. The predicted octanol–water partition coefficient (Wildman–Crippen LogP) is 9.66. The van der Waals surface area contributed by atoms with Crippen LogP contribution in [-0.2, 0) is 14.3 Å². The molecule has 0 bridgehead atoms. The number of hydrogen-bond acceptors (Lipinski definition) is 3. The molecule has 0 aliphatic rings. The fraction of sp³-hybridized carbons (Fsp3) is 0.688. The molecule has 0 fully saturated rings. The van der Waals surface area contributed by atoms with E-state index in [-0.39, 0.29) is 18.5 Å². The molecule has 0 aliphatic heterocycles. The maximum atomic E-state index is 12.3. The van der Waals surface area contributed by atoms with Crippen molar-refractivity contribution in [2.75, 3.05) is 0 Å². The first-order valence-electron chi connectivity index (χ1n) is 14.6. The Morgan fingerprint density at radius 1 is 0.639 bits per heavy atom. The minimum absolute atomic E-state index is 0.00737. The number of esters is 1. The Morgan fingerprint density at radius 2 is 1.17 bits per heavy atom. The van der Waals surface area contributed by atoms with Crippen molar-refractivity contribution in [1.29, 1.82) is 0 Å². The summed E-state index contributed by atoms with van der Waals surface area (Å²) >= 11 is 0. The Morgan fingerprint density at radius 3 is 1.78 bits per heavy atom. The third kappa shape index (κ3) is 26.5. The van der Waals surface area contributed by atoms with Crippen LogP contribution in [0, 0.1) is 0 Å². The van der Waals surface area contributed by atoms with Crippen molar-refractivity contribution in [2.24, 2.45) is 0 Å². The van der Waals surface area contributed by atoms with E-state index in [0.717, 1.165) is 96.3 Å². The van der Waals surface area contributed by atoms with Gasteiger partial charge in [-0.25, -0.2) is 0 Å². The number of carboxylic acid groups (broad SMARTS) is 1. The summed E-state index contributed by atoms with van der Waals surface area (Å²) in [5, 5.41) is 8.75. The molecule has 0 saturated carbocycles. The van der Waals surface area contributed by atoms with Crippen LogP contribution in [0.3, 0.4) is 0 Å². The summed E-state index contributed by atoms with van der Waals surface area (Å²) in [6.45, 7) is 4.33. The van der Waals surface area contributed by atoms with E-state index < -0.39 is 5.97 Å². The van der Waals surface area contributed by atoms with E-state index in [0.29, 0.717) is 12.8 Å². The van der Waals surface area contributed by atoms with Crippen LogP contribution in [0.4, 0.5) is 0 Å². The van der Waals surface area contributed by atoms with Gasteiger partial charge in [0.25, 0.3) is 0 Å². The van der Waals surface area contributed by atoms with Gasteiger partial charge in [-0.3, -0.25) is 9.59 Å². The zero-order chi connectivity index (χ0) is 26.5. The van der Waals surface area contributed by atoms with Crippen LogP contribution in [0.1, 0.15) is 136 Å². The first kappa shape index (κ1) is 33.9.